The van der Waals surface area contributed by atoms with Crippen LogP contribution in [-0.4, -0.2) is 420 Å². The van der Waals surface area contributed by atoms with E-state index >= 15 is 0 Å². The molecule has 44 heteroatoms. The number of carbonyl (C=O) groups excluding carboxylic acids is 2. The Morgan fingerprint density at radius 1 is 0.302 bits per heavy atom. The molecule has 0 radical (unpaired) electrons. The Morgan fingerprint density at radius 3 is 1.04 bits per heavy atom. The first-order valence-electron chi connectivity index (χ1n) is 30.0. The lowest BCUT2D eigenvalue weighted by atomic mass is 9.93. The topological polar surface area (TPSA) is 696 Å². The molecule has 96 heavy (non-hydrogen) atoms. The van der Waals surface area contributed by atoms with Crippen molar-refractivity contribution in [3.63, 3.8) is 0 Å². The van der Waals surface area contributed by atoms with Gasteiger partial charge in [-0.25, -0.2) is 9.59 Å². The van der Waals surface area contributed by atoms with Crippen molar-refractivity contribution >= 4 is 23.8 Å². The number of ether oxygens (including phenoxy) is 15. The summed E-state index contributed by atoms with van der Waals surface area (Å²) >= 11 is 0. The van der Waals surface area contributed by atoms with Gasteiger partial charge in [0.05, 0.1) is 39.1 Å². The van der Waals surface area contributed by atoms with Crippen molar-refractivity contribution in [3.8, 4) is 0 Å². The largest absolute Gasteiger partial charge is 0.479 e. The molecular weight excluding hydrogens is 1320 g/mol. The van der Waals surface area contributed by atoms with E-state index in [-0.39, 0.29) is 0 Å². The average Bonchev–Trinajstić information content (AvgIpc) is 0.758. The van der Waals surface area contributed by atoms with Crippen LogP contribution in [0.3, 0.4) is 0 Å². The molecule has 0 aromatic rings. The number of aliphatic carboxylic acids is 2. The number of nitrogens with one attached hydrogen (secondary N) is 2. The summed E-state index contributed by atoms with van der Waals surface area (Å²) in [7, 11) is 0. The highest BCUT2D eigenvalue weighted by Crippen LogP contribution is 2.41. The van der Waals surface area contributed by atoms with Crippen molar-refractivity contribution in [2.75, 3.05) is 33.0 Å². The Kier molecular flexibility index (Phi) is 26.9. The van der Waals surface area contributed by atoms with Crippen molar-refractivity contribution < 1.29 is 208 Å². The van der Waals surface area contributed by atoms with Gasteiger partial charge in [0, 0.05) is 13.8 Å². The summed E-state index contributed by atoms with van der Waals surface area (Å²) in [4.78, 5) is 50.1. The van der Waals surface area contributed by atoms with Crippen molar-refractivity contribution in [1.82, 2.24) is 10.6 Å². The smallest absolute Gasteiger partial charge is 0.335 e. The summed E-state index contributed by atoms with van der Waals surface area (Å²) in [5.41, 5.74) is 0. The van der Waals surface area contributed by atoms with Crippen LogP contribution in [0.25, 0.3) is 0 Å². The molecule has 8 aliphatic rings. The molecule has 2 amide bonds. The maximum absolute atomic E-state index is 13.4. The highest BCUT2D eigenvalue weighted by molar-refractivity contribution is 5.74. The first kappa shape index (κ1) is 78.2. The third-order valence-electron chi connectivity index (χ3n) is 17.4. The van der Waals surface area contributed by atoms with Crippen LogP contribution >= 0.6 is 0 Å². The van der Waals surface area contributed by atoms with E-state index in [1.807, 2.05) is 0 Å². The summed E-state index contributed by atoms with van der Waals surface area (Å²) in [6.07, 6.45) is -84.8. The molecule has 0 aromatic heterocycles. The number of aliphatic hydroxyl groups excluding tert-OH is 21. The van der Waals surface area contributed by atoms with E-state index in [0.717, 1.165) is 13.8 Å². The van der Waals surface area contributed by atoms with Gasteiger partial charge in [0.25, 0.3) is 0 Å². The Hall–Kier alpha value is -3.56. The van der Waals surface area contributed by atoms with E-state index in [0.29, 0.717) is 0 Å². The maximum atomic E-state index is 13.4. The number of aliphatic hydroxyl groups is 21. The van der Waals surface area contributed by atoms with Gasteiger partial charge in [-0.2, -0.15) is 0 Å². The summed E-state index contributed by atoms with van der Waals surface area (Å²) in [6, 6.07) is -3.97. The van der Waals surface area contributed by atoms with Gasteiger partial charge in [-0.3, -0.25) is 9.59 Å². The lowest BCUT2D eigenvalue weighted by molar-refractivity contribution is -0.418. The fourth-order valence-corrected chi connectivity index (χ4v) is 12.2. The highest BCUT2D eigenvalue weighted by atomic mass is 16.8. The number of amides is 2. The molecule has 1 unspecified atom stereocenters. The van der Waals surface area contributed by atoms with Gasteiger partial charge < -0.3 is 199 Å². The molecule has 25 N–H and O–H groups in total. The third kappa shape index (κ3) is 16.3. The summed E-state index contributed by atoms with van der Waals surface area (Å²) < 4.78 is 88.2. The number of carbonyl (C=O) groups is 4. The number of hydrogen-bond acceptors (Lipinski definition) is 40. The fourth-order valence-electron chi connectivity index (χ4n) is 12.2. The average molecular weight is 1410 g/mol. The monoisotopic (exact) mass is 1410 g/mol. The van der Waals surface area contributed by atoms with Crippen LogP contribution < -0.4 is 10.6 Å². The molecule has 8 heterocycles. The third-order valence-corrected chi connectivity index (χ3v) is 17.4. The predicted molar refractivity (Wildman–Crippen MR) is 287 cm³/mol. The SMILES string of the molecule is CC(=O)N[C@H]1[C@@H](O[C@@H]2[C@H](O[C@@H]3O[C@H](CO)[C@H](O)[C@H](O[C@@H]4O[C@H](C(=O)O)[C@@H](O)[C@H](O)[C@H]4O)[C@H]3O)[C@@H](O[C@@H]3O[C@@H](C)[C@@H](O)[C@@H](O)[C@@H]3O)[C@H](O[C@H]3[C@@H](O)[C@@H](CO)OC(O)[C@@H]3NC(C)=O)O[C@@H]2CO)O[C@H](CO)[C@H](O)[C@@H]1O[C@@H]1O[C@H](CO)[C@H](O)[C@H](O[C@@H]2O[C@H](C(=O)O)[C@@H](O)[C@H](O)[C@H]2O)[C@H]1O. The van der Waals surface area contributed by atoms with Gasteiger partial charge in [-0.1, -0.05) is 0 Å². The predicted octanol–water partition coefficient (Wildman–Crippen LogP) is -17.0. The summed E-state index contributed by atoms with van der Waals surface area (Å²) in [6.45, 7) is -3.06. The standard InChI is InChI=1S/C52H84N2O42/c1-9-19(62)24(67)29(72)47(82-9)96-42-41(95-51-33(76)38(23(66)15(7-58)86-51)92-49-31(74)26(69)28(71)40(94-49)44(79)80)34(16(8-59)87-52(42)90-35-17(53-10(2)60)45(81)83-12(4-55)20(35)63)88-46-18(54-11(3)61)36(21(64)13(5-56)84-46)89-50-32(75)37(22(65)14(6-57)85-50)91-48-30(73)25(68)27(70)39(93-48)43(77)78/h9,12-42,45-52,55-59,62-76,81H,4-8H2,1-3H3,(H,53,60)(H,54,61)(H,77,78)(H,79,80)/t9-,12+,13+,14+,15+,16+,17+,18+,19+,20-,21-,22-,23-,24+,25-,26-,27-,28-,29-,30+,31+,32+,33+,34-,35+,36+,37-,38-,39-,40-,41-,42+,45?,46+,47-,48+,49+,50-,51-,52-/m0/s1. The molecule has 0 aliphatic carbocycles. The van der Waals surface area contributed by atoms with Crippen LogP contribution in [0.2, 0.25) is 0 Å². The van der Waals surface area contributed by atoms with Gasteiger partial charge in [-0.05, 0) is 6.92 Å². The zero-order chi connectivity index (χ0) is 71.0. The lowest BCUT2D eigenvalue weighted by Gasteiger charge is -2.53. The lowest BCUT2D eigenvalue weighted by Crippen LogP contribution is -2.72. The second-order valence-electron chi connectivity index (χ2n) is 23.9. The van der Waals surface area contributed by atoms with Crippen molar-refractivity contribution in [3.05, 3.63) is 0 Å². The summed E-state index contributed by atoms with van der Waals surface area (Å²) in [5, 5.41) is 256. The molecule has 0 bridgehead atoms. The molecular formula is C52H84N2O42. The quantitative estimate of drug-likeness (QED) is 0.0452. The van der Waals surface area contributed by atoms with Gasteiger partial charge >= 0.3 is 11.9 Å². The summed E-state index contributed by atoms with van der Waals surface area (Å²) in [5.74, 6) is -5.76. The van der Waals surface area contributed by atoms with Crippen LogP contribution in [0.15, 0.2) is 0 Å². The van der Waals surface area contributed by atoms with E-state index in [9.17, 15) is 137 Å². The normalized spacial score (nSPS) is 50.3. The molecule has 554 valence electrons. The molecule has 0 aromatic carbocycles. The first-order chi connectivity index (χ1) is 45.2. The molecule has 8 aliphatic heterocycles. The first-order valence-corrected chi connectivity index (χ1v) is 30.0. The number of hydrogen-bond donors (Lipinski definition) is 25. The number of carboxylic acid groups (broad SMARTS) is 2. The van der Waals surface area contributed by atoms with Gasteiger partial charge in [-0.15, -0.1) is 0 Å². The Balaban J connectivity index is 1.23. The molecule has 0 saturated carbocycles. The van der Waals surface area contributed by atoms with Crippen LogP contribution in [0, 0.1) is 0 Å². The maximum Gasteiger partial charge on any atom is 0.335 e. The molecule has 0 spiro atoms. The number of carboxylic acids is 2. The molecule has 8 fully saturated rings. The highest BCUT2D eigenvalue weighted by Gasteiger charge is 2.62. The Labute approximate surface area is 540 Å². The van der Waals surface area contributed by atoms with Crippen LogP contribution in [0.1, 0.15) is 20.8 Å². The minimum Gasteiger partial charge on any atom is -0.479 e. The van der Waals surface area contributed by atoms with Crippen molar-refractivity contribution in [2.45, 2.75) is 266 Å². The van der Waals surface area contributed by atoms with E-state index in [1.165, 1.54) is 6.92 Å². The Bertz CT molecular complexity index is 2540. The molecule has 40 atom stereocenters. The van der Waals surface area contributed by atoms with Crippen LogP contribution in [0.4, 0.5) is 0 Å². The van der Waals surface area contributed by atoms with Crippen LogP contribution in [0.5, 0.6) is 0 Å². The van der Waals surface area contributed by atoms with Crippen molar-refractivity contribution in [1.29, 1.82) is 0 Å². The van der Waals surface area contributed by atoms with E-state index in [2.05, 4.69) is 10.6 Å². The number of rotatable bonds is 23. The minimum atomic E-state index is -2.58. The van der Waals surface area contributed by atoms with Crippen molar-refractivity contribution in [2.24, 2.45) is 0 Å². The van der Waals surface area contributed by atoms with Crippen LogP contribution in [-0.2, 0) is 90.2 Å². The zero-order valence-corrected chi connectivity index (χ0v) is 50.7. The second-order valence-corrected chi connectivity index (χ2v) is 23.9. The van der Waals surface area contributed by atoms with E-state index < -0.39 is 302 Å². The van der Waals surface area contributed by atoms with Gasteiger partial charge in [0.2, 0.25) is 11.8 Å². The Morgan fingerprint density at radius 2 is 0.615 bits per heavy atom. The molecule has 8 saturated heterocycles. The zero-order valence-electron chi connectivity index (χ0n) is 50.7. The van der Waals surface area contributed by atoms with Gasteiger partial charge in [0.15, 0.2) is 62.5 Å². The van der Waals surface area contributed by atoms with Gasteiger partial charge in [0.1, 0.15) is 177 Å². The molecule has 44 nitrogen and oxygen atoms in total. The minimum absolute atomic E-state index is 0.878. The van der Waals surface area contributed by atoms with E-state index in [4.69, 9.17) is 71.1 Å². The molecule has 8 rings (SSSR count). The van der Waals surface area contributed by atoms with E-state index in [1.54, 1.807) is 0 Å². The fraction of sp³-hybridized carbons (Fsp3) is 0.923. The second kappa shape index (κ2) is 33.0.